The summed E-state index contributed by atoms with van der Waals surface area (Å²) in [5.74, 6) is 0. The minimum absolute atomic E-state index is 1.86. The topological polar surface area (TPSA) is 9.23 Å². The average molecular weight is 249 g/mol. The number of alkyl halides is 5. The SMILES string of the molecule is FC(Cl)=C(Cl)OC(F)(F)C(F)(F)F. The van der Waals surface area contributed by atoms with Crippen molar-refractivity contribution in [1.82, 2.24) is 0 Å². The maximum atomic E-state index is 11.9. The third kappa shape index (κ3) is 3.51. The summed E-state index contributed by atoms with van der Waals surface area (Å²) in [4.78, 5) is 0. The lowest BCUT2D eigenvalue weighted by Crippen LogP contribution is -2.38. The second kappa shape index (κ2) is 3.83. The van der Waals surface area contributed by atoms with Gasteiger partial charge in [0.25, 0.3) is 0 Å². The molecular formula is C4Cl2F6O. The van der Waals surface area contributed by atoms with Crippen LogP contribution in [0.2, 0.25) is 0 Å². The van der Waals surface area contributed by atoms with Gasteiger partial charge in [-0.25, -0.2) is 0 Å². The zero-order valence-electron chi connectivity index (χ0n) is 5.43. The Morgan fingerprint density at radius 3 is 1.62 bits per heavy atom. The standard InChI is InChI=1S/C4Cl2F6O/c5-1(7)2(6)13-4(11,12)3(8,9)10. The average Bonchev–Trinajstić information content (AvgIpc) is 1.83. The zero-order chi connectivity index (χ0) is 10.9. The van der Waals surface area contributed by atoms with E-state index in [1.807, 2.05) is 0 Å². The highest BCUT2D eigenvalue weighted by Crippen LogP contribution is 2.39. The van der Waals surface area contributed by atoms with Crippen LogP contribution in [-0.2, 0) is 4.74 Å². The lowest BCUT2D eigenvalue weighted by molar-refractivity contribution is -0.377. The molecule has 0 aliphatic rings. The van der Waals surface area contributed by atoms with E-state index in [4.69, 9.17) is 0 Å². The quantitative estimate of drug-likeness (QED) is 0.535. The van der Waals surface area contributed by atoms with Crippen LogP contribution >= 0.6 is 23.2 Å². The van der Waals surface area contributed by atoms with Crippen molar-refractivity contribution in [3.8, 4) is 0 Å². The van der Waals surface area contributed by atoms with Crippen LogP contribution in [0.15, 0.2) is 10.5 Å². The molecule has 0 aromatic carbocycles. The minimum Gasteiger partial charge on any atom is -0.410 e. The Balaban J connectivity index is 4.63. The van der Waals surface area contributed by atoms with E-state index < -0.39 is 22.8 Å². The van der Waals surface area contributed by atoms with Crippen molar-refractivity contribution in [3.05, 3.63) is 10.5 Å². The van der Waals surface area contributed by atoms with E-state index in [9.17, 15) is 26.3 Å². The molecule has 0 atom stereocenters. The lowest BCUT2D eigenvalue weighted by atomic mass is 10.6. The predicted molar refractivity (Wildman–Crippen MR) is 31.9 cm³/mol. The summed E-state index contributed by atoms with van der Waals surface area (Å²) in [5.41, 5.74) is 0. The van der Waals surface area contributed by atoms with Crippen molar-refractivity contribution in [2.75, 3.05) is 0 Å². The van der Waals surface area contributed by atoms with Crippen molar-refractivity contribution < 1.29 is 31.1 Å². The summed E-state index contributed by atoms with van der Waals surface area (Å²) < 4.78 is 72.2. The molecule has 0 bridgehead atoms. The van der Waals surface area contributed by atoms with Crippen LogP contribution in [0.5, 0.6) is 0 Å². The molecule has 0 aromatic rings. The second-order valence-electron chi connectivity index (χ2n) is 1.65. The summed E-state index contributed by atoms with van der Waals surface area (Å²) >= 11 is 8.82. The predicted octanol–water partition coefficient (Wildman–Crippen LogP) is 3.73. The number of hydrogen-bond acceptors (Lipinski definition) is 1. The van der Waals surface area contributed by atoms with E-state index in [-0.39, 0.29) is 0 Å². The van der Waals surface area contributed by atoms with E-state index in [2.05, 4.69) is 27.9 Å². The number of ether oxygens (including phenoxy) is 1. The fraction of sp³-hybridized carbons (Fsp3) is 0.500. The Morgan fingerprint density at radius 1 is 1.00 bits per heavy atom. The highest BCUT2D eigenvalue weighted by atomic mass is 35.5. The molecule has 0 radical (unpaired) electrons. The zero-order valence-corrected chi connectivity index (χ0v) is 6.94. The molecule has 0 unspecified atom stereocenters. The maximum Gasteiger partial charge on any atom is 0.499 e. The summed E-state index contributed by atoms with van der Waals surface area (Å²) in [5, 5.41) is -3.85. The molecule has 9 heteroatoms. The molecule has 0 saturated heterocycles. The lowest BCUT2D eigenvalue weighted by Gasteiger charge is -2.18. The van der Waals surface area contributed by atoms with Gasteiger partial charge in [0.2, 0.25) is 10.5 Å². The normalized spacial score (nSPS) is 15.4. The summed E-state index contributed by atoms with van der Waals surface area (Å²) in [7, 11) is 0. The summed E-state index contributed by atoms with van der Waals surface area (Å²) in [6, 6.07) is 0. The van der Waals surface area contributed by atoms with Crippen LogP contribution < -0.4 is 0 Å². The highest BCUT2D eigenvalue weighted by molar-refractivity contribution is 6.37. The molecule has 0 rings (SSSR count). The Bertz CT molecular complexity index is 217. The van der Waals surface area contributed by atoms with Crippen molar-refractivity contribution in [2.45, 2.75) is 12.3 Å². The monoisotopic (exact) mass is 248 g/mol. The van der Waals surface area contributed by atoms with Crippen LogP contribution in [0.4, 0.5) is 26.3 Å². The Kier molecular flexibility index (Phi) is 3.74. The molecule has 0 heterocycles. The van der Waals surface area contributed by atoms with Gasteiger partial charge in [-0.05, 0) is 23.2 Å². The summed E-state index contributed by atoms with van der Waals surface area (Å²) in [6.45, 7) is 0. The Labute approximate surface area is 77.9 Å². The van der Waals surface area contributed by atoms with Gasteiger partial charge in [0.15, 0.2) is 0 Å². The highest BCUT2D eigenvalue weighted by Gasteiger charge is 2.61. The van der Waals surface area contributed by atoms with Gasteiger partial charge in [0.05, 0.1) is 0 Å². The Morgan fingerprint density at radius 2 is 1.38 bits per heavy atom. The van der Waals surface area contributed by atoms with Gasteiger partial charge < -0.3 is 4.74 Å². The third-order valence-electron chi connectivity index (χ3n) is 0.696. The van der Waals surface area contributed by atoms with Gasteiger partial charge in [-0.2, -0.15) is 26.3 Å². The summed E-state index contributed by atoms with van der Waals surface area (Å²) in [6.07, 6.45) is -11.6. The smallest absolute Gasteiger partial charge is 0.410 e. The van der Waals surface area contributed by atoms with Crippen molar-refractivity contribution in [2.24, 2.45) is 0 Å². The largest absolute Gasteiger partial charge is 0.499 e. The molecule has 0 aliphatic carbocycles. The number of rotatable bonds is 2. The first kappa shape index (κ1) is 12.7. The fourth-order valence-electron chi connectivity index (χ4n) is 0.209. The van der Waals surface area contributed by atoms with Crippen LogP contribution in [0.1, 0.15) is 0 Å². The molecule has 0 saturated carbocycles. The van der Waals surface area contributed by atoms with Crippen molar-refractivity contribution in [3.63, 3.8) is 0 Å². The molecule has 78 valence electrons. The van der Waals surface area contributed by atoms with Crippen LogP contribution in [0.25, 0.3) is 0 Å². The molecule has 0 spiro atoms. The fourth-order valence-corrected chi connectivity index (χ4v) is 0.344. The third-order valence-corrected chi connectivity index (χ3v) is 1.21. The van der Waals surface area contributed by atoms with E-state index in [1.165, 1.54) is 0 Å². The van der Waals surface area contributed by atoms with Gasteiger partial charge in [-0.15, -0.1) is 0 Å². The molecular weight excluding hydrogens is 249 g/mol. The minimum atomic E-state index is -5.99. The van der Waals surface area contributed by atoms with Crippen molar-refractivity contribution in [1.29, 1.82) is 0 Å². The molecule has 0 amide bonds. The van der Waals surface area contributed by atoms with E-state index in [0.717, 1.165) is 0 Å². The van der Waals surface area contributed by atoms with Gasteiger partial charge in [0.1, 0.15) is 0 Å². The number of halogens is 8. The first-order chi connectivity index (χ1) is 5.58. The molecule has 0 N–H and O–H groups in total. The van der Waals surface area contributed by atoms with Gasteiger partial charge >= 0.3 is 12.3 Å². The molecule has 0 aromatic heterocycles. The first-order valence-electron chi connectivity index (χ1n) is 2.42. The molecule has 1 nitrogen and oxygen atoms in total. The van der Waals surface area contributed by atoms with Gasteiger partial charge in [0, 0.05) is 0 Å². The van der Waals surface area contributed by atoms with E-state index in [0.29, 0.717) is 0 Å². The van der Waals surface area contributed by atoms with Gasteiger partial charge in [-0.1, -0.05) is 0 Å². The second-order valence-corrected chi connectivity index (χ2v) is 2.33. The molecule has 13 heavy (non-hydrogen) atoms. The van der Waals surface area contributed by atoms with E-state index >= 15 is 0 Å². The van der Waals surface area contributed by atoms with Crippen molar-refractivity contribution >= 4 is 23.2 Å². The van der Waals surface area contributed by atoms with Crippen LogP contribution in [0.3, 0.4) is 0 Å². The van der Waals surface area contributed by atoms with E-state index in [1.54, 1.807) is 0 Å². The van der Waals surface area contributed by atoms with Crippen LogP contribution in [-0.4, -0.2) is 12.3 Å². The van der Waals surface area contributed by atoms with Gasteiger partial charge in [-0.3, -0.25) is 0 Å². The number of hydrogen-bond donors (Lipinski definition) is 0. The molecule has 0 aliphatic heterocycles. The Hall–Kier alpha value is -0.300. The first-order valence-corrected chi connectivity index (χ1v) is 3.18. The molecule has 0 fully saturated rings. The van der Waals surface area contributed by atoms with Crippen LogP contribution in [0, 0.1) is 0 Å². The maximum absolute atomic E-state index is 11.9.